The number of rotatable bonds is 5. The van der Waals surface area contributed by atoms with Gasteiger partial charge in [0.15, 0.2) is 0 Å². The van der Waals surface area contributed by atoms with Crippen molar-refractivity contribution in [3.05, 3.63) is 60.2 Å². The molecule has 4 aromatic rings. The number of aryl methyl sites for hydroxylation is 1. The van der Waals surface area contributed by atoms with Crippen LogP contribution in [0, 0.1) is 5.82 Å². The van der Waals surface area contributed by atoms with E-state index in [1.165, 1.54) is 22.9 Å². The zero-order chi connectivity index (χ0) is 26.5. The second-order valence-electron chi connectivity index (χ2n) is 9.49. The molecule has 1 fully saturated rings. The Kier molecular flexibility index (Phi) is 6.18. The molecule has 0 amide bonds. The third kappa shape index (κ3) is 4.66. The van der Waals surface area contributed by atoms with Crippen molar-refractivity contribution < 1.29 is 17.6 Å². The Morgan fingerprint density at radius 1 is 1.16 bits per heavy atom. The first-order chi connectivity index (χ1) is 17.5. The minimum absolute atomic E-state index is 0.0302. The summed E-state index contributed by atoms with van der Waals surface area (Å²) in [5.74, 6) is -0.560. The van der Waals surface area contributed by atoms with E-state index in [2.05, 4.69) is 39.2 Å². The van der Waals surface area contributed by atoms with Crippen LogP contribution in [-0.4, -0.2) is 52.7 Å². The fraction of sp³-hybridized carbons (Fsp3) is 0.308. The number of alkyl halides is 3. The highest BCUT2D eigenvalue weighted by molar-refractivity contribution is 5.96. The molecule has 1 aliphatic heterocycles. The molecule has 0 spiro atoms. The SMILES string of the molecule is CN(C)[C@H]1CCN(c2ccc(Nc3ncc(C(F)(F)F)c(-c4cn(C)c5c(F)cccc45)n3)cc2N)C1. The molecule has 11 heteroatoms. The third-order valence-electron chi connectivity index (χ3n) is 6.82. The number of anilines is 4. The van der Waals surface area contributed by atoms with Crippen LogP contribution in [0.25, 0.3) is 22.2 Å². The van der Waals surface area contributed by atoms with E-state index in [1.54, 1.807) is 25.2 Å². The van der Waals surface area contributed by atoms with Gasteiger partial charge in [0.1, 0.15) is 11.4 Å². The van der Waals surface area contributed by atoms with Crippen LogP contribution in [0.5, 0.6) is 0 Å². The zero-order valence-corrected chi connectivity index (χ0v) is 20.6. The number of aromatic nitrogens is 3. The molecule has 3 N–H and O–H groups in total. The van der Waals surface area contributed by atoms with Gasteiger partial charge < -0.3 is 25.4 Å². The Morgan fingerprint density at radius 3 is 2.62 bits per heavy atom. The van der Waals surface area contributed by atoms with E-state index >= 15 is 0 Å². The normalized spacial score (nSPS) is 16.2. The fourth-order valence-corrected chi connectivity index (χ4v) is 4.89. The van der Waals surface area contributed by atoms with Crippen molar-refractivity contribution in [3.8, 4) is 11.3 Å². The van der Waals surface area contributed by atoms with Crippen LogP contribution in [0.3, 0.4) is 0 Å². The lowest BCUT2D eigenvalue weighted by Crippen LogP contribution is -2.31. The van der Waals surface area contributed by atoms with Crippen molar-refractivity contribution in [1.29, 1.82) is 0 Å². The van der Waals surface area contributed by atoms with Crippen LogP contribution in [0.4, 0.5) is 40.6 Å². The van der Waals surface area contributed by atoms with Crippen molar-refractivity contribution >= 4 is 33.9 Å². The number of hydrogen-bond acceptors (Lipinski definition) is 6. The van der Waals surface area contributed by atoms with Crippen molar-refractivity contribution in [3.63, 3.8) is 0 Å². The van der Waals surface area contributed by atoms with Gasteiger partial charge >= 0.3 is 6.18 Å². The van der Waals surface area contributed by atoms with Crippen LogP contribution in [0.1, 0.15) is 12.0 Å². The first kappa shape index (κ1) is 24.8. The van der Waals surface area contributed by atoms with E-state index < -0.39 is 17.6 Å². The van der Waals surface area contributed by atoms with Crippen LogP contribution >= 0.6 is 0 Å². The van der Waals surface area contributed by atoms with Crippen molar-refractivity contribution in [2.24, 2.45) is 7.05 Å². The molecule has 3 heterocycles. The van der Waals surface area contributed by atoms with Gasteiger partial charge in [0.2, 0.25) is 5.95 Å². The molecular formula is C26H27F4N7. The molecule has 0 saturated carbocycles. The number of likely N-dealkylation sites (N-methyl/N-ethyl adjacent to an activating group) is 1. The van der Waals surface area contributed by atoms with Crippen LogP contribution in [-0.2, 0) is 13.2 Å². The summed E-state index contributed by atoms with van der Waals surface area (Å²) in [6, 6.07) is 10.1. The van der Waals surface area contributed by atoms with Gasteiger partial charge in [-0.3, -0.25) is 0 Å². The average Bonchev–Trinajstić information content (AvgIpc) is 3.44. The monoisotopic (exact) mass is 513 g/mol. The largest absolute Gasteiger partial charge is 0.419 e. The molecule has 1 aliphatic rings. The summed E-state index contributed by atoms with van der Waals surface area (Å²) < 4.78 is 57.6. The van der Waals surface area contributed by atoms with E-state index in [0.717, 1.165) is 31.4 Å². The van der Waals surface area contributed by atoms with Crippen molar-refractivity contribution in [2.75, 3.05) is 43.1 Å². The summed E-state index contributed by atoms with van der Waals surface area (Å²) in [7, 11) is 5.68. The maximum Gasteiger partial charge on any atom is 0.419 e. The highest BCUT2D eigenvalue weighted by atomic mass is 19.4. The number of halogens is 4. The molecule has 37 heavy (non-hydrogen) atoms. The number of nitrogens with zero attached hydrogens (tertiary/aromatic N) is 5. The lowest BCUT2D eigenvalue weighted by Gasteiger charge is -2.23. The number of nitrogens with one attached hydrogen (secondary N) is 1. The number of nitrogens with two attached hydrogens (primary N) is 1. The molecule has 7 nitrogen and oxygen atoms in total. The third-order valence-corrected chi connectivity index (χ3v) is 6.82. The van der Waals surface area contributed by atoms with Crippen LogP contribution in [0.15, 0.2) is 48.8 Å². The Morgan fingerprint density at radius 2 is 1.95 bits per heavy atom. The molecule has 194 valence electrons. The molecule has 1 atom stereocenters. The number of benzene rings is 2. The maximum atomic E-state index is 14.4. The van der Waals surface area contributed by atoms with Gasteiger partial charge in [0.05, 0.1) is 22.6 Å². The second-order valence-corrected chi connectivity index (χ2v) is 9.49. The molecule has 0 bridgehead atoms. The summed E-state index contributed by atoms with van der Waals surface area (Å²) in [5.41, 5.74) is 7.34. The lowest BCUT2D eigenvalue weighted by molar-refractivity contribution is -0.137. The Hall–Kier alpha value is -3.86. The predicted octanol–water partition coefficient (Wildman–Crippen LogP) is 5.26. The Bertz CT molecular complexity index is 1460. The van der Waals surface area contributed by atoms with Gasteiger partial charge in [0.25, 0.3) is 0 Å². The smallest absolute Gasteiger partial charge is 0.397 e. The maximum absolute atomic E-state index is 14.4. The van der Waals surface area contributed by atoms with Gasteiger partial charge in [-0.25, -0.2) is 14.4 Å². The number of fused-ring (bicyclic) bond motifs is 1. The highest BCUT2D eigenvalue weighted by Crippen LogP contribution is 2.40. The molecular weight excluding hydrogens is 486 g/mol. The quantitative estimate of drug-likeness (QED) is 0.280. The first-order valence-electron chi connectivity index (χ1n) is 11.8. The molecule has 0 unspecified atom stereocenters. The van der Waals surface area contributed by atoms with Gasteiger partial charge in [-0.15, -0.1) is 0 Å². The average molecular weight is 514 g/mol. The molecule has 0 radical (unpaired) electrons. The van der Waals surface area contributed by atoms with Gasteiger partial charge in [-0.2, -0.15) is 13.2 Å². The Balaban J connectivity index is 1.49. The number of nitrogen functional groups attached to an aromatic ring is 1. The summed E-state index contributed by atoms with van der Waals surface area (Å²) in [4.78, 5) is 12.5. The summed E-state index contributed by atoms with van der Waals surface area (Å²) in [6.07, 6.45) is -1.48. The zero-order valence-electron chi connectivity index (χ0n) is 20.6. The fourth-order valence-electron chi connectivity index (χ4n) is 4.89. The summed E-state index contributed by atoms with van der Waals surface area (Å²) in [5, 5.41) is 3.29. The lowest BCUT2D eigenvalue weighted by atomic mass is 10.1. The Labute approximate surface area is 211 Å². The van der Waals surface area contributed by atoms with Gasteiger partial charge in [-0.1, -0.05) is 12.1 Å². The molecule has 5 rings (SSSR count). The van der Waals surface area contributed by atoms with E-state index in [-0.39, 0.29) is 22.7 Å². The topological polar surface area (TPSA) is 75.2 Å². The van der Waals surface area contributed by atoms with Crippen molar-refractivity contribution in [1.82, 2.24) is 19.4 Å². The molecule has 2 aromatic heterocycles. The highest BCUT2D eigenvalue weighted by Gasteiger charge is 2.36. The van der Waals surface area contributed by atoms with Crippen LogP contribution < -0.4 is 16.0 Å². The van der Waals surface area contributed by atoms with Crippen LogP contribution in [0.2, 0.25) is 0 Å². The minimum Gasteiger partial charge on any atom is -0.397 e. The number of para-hydroxylation sites is 1. The molecule has 1 saturated heterocycles. The standard InChI is InChI=1S/C26H27F4N7/c1-35(2)16-9-10-37(13-16)22-8-7-15(11-21(22)31)33-25-32-12-19(26(28,29)30)23(34-25)18-14-36(3)24-17(18)5-4-6-20(24)27/h4-8,11-12,14,16H,9-10,13,31H2,1-3H3,(H,32,33,34)/t16-/m0/s1. The second kappa shape index (κ2) is 9.22. The molecule has 0 aliphatic carbocycles. The van der Waals surface area contributed by atoms with Crippen molar-refractivity contribution in [2.45, 2.75) is 18.6 Å². The molecule has 2 aromatic carbocycles. The first-order valence-corrected chi connectivity index (χ1v) is 11.8. The van der Waals surface area contributed by atoms with E-state index in [0.29, 0.717) is 22.8 Å². The minimum atomic E-state index is -4.70. The van der Waals surface area contributed by atoms with Gasteiger partial charge in [0, 0.05) is 55.2 Å². The van der Waals surface area contributed by atoms with E-state index in [1.807, 2.05) is 6.07 Å². The number of hydrogen-bond donors (Lipinski definition) is 2. The summed E-state index contributed by atoms with van der Waals surface area (Å²) in [6.45, 7) is 1.75. The van der Waals surface area contributed by atoms with E-state index in [9.17, 15) is 17.6 Å². The predicted molar refractivity (Wildman–Crippen MR) is 137 cm³/mol. The van der Waals surface area contributed by atoms with Gasteiger partial charge in [-0.05, 0) is 44.8 Å². The van der Waals surface area contributed by atoms with E-state index in [4.69, 9.17) is 5.73 Å². The summed E-state index contributed by atoms with van der Waals surface area (Å²) >= 11 is 0.